The van der Waals surface area contributed by atoms with E-state index >= 15 is 0 Å². The average Bonchev–Trinajstić information content (AvgIpc) is 3.31. The zero-order valence-corrected chi connectivity index (χ0v) is 23.3. The first-order valence-electron chi connectivity index (χ1n) is 14.1. The van der Waals surface area contributed by atoms with Crippen molar-refractivity contribution in [2.75, 3.05) is 37.7 Å². The summed E-state index contributed by atoms with van der Waals surface area (Å²) in [5.74, 6) is 0.329. The molecule has 1 fully saturated rings. The van der Waals surface area contributed by atoms with Gasteiger partial charge in [-0.2, -0.15) is 0 Å². The van der Waals surface area contributed by atoms with Crippen molar-refractivity contribution in [3.8, 4) is 5.75 Å². The van der Waals surface area contributed by atoms with E-state index in [0.717, 1.165) is 49.1 Å². The second kappa shape index (κ2) is 10.5. The Balaban J connectivity index is 1.05. The first kappa shape index (κ1) is 26.7. The van der Waals surface area contributed by atoms with Crippen LogP contribution >= 0.6 is 0 Å². The molecule has 6 rings (SSSR count). The van der Waals surface area contributed by atoms with Crippen molar-refractivity contribution in [1.82, 2.24) is 19.8 Å². The lowest BCUT2D eigenvalue weighted by Gasteiger charge is -2.34. The molecular weight excluding hydrogens is 513 g/mol. The van der Waals surface area contributed by atoms with E-state index in [1.54, 1.807) is 33.9 Å². The summed E-state index contributed by atoms with van der Waals surface area (Å²) in [6, 6.07) is 8.86. The third kappa shape index (κ3) is 5.30. The van der Waals surface area contributed by atoms with E-state index in [4.69, 9.17) is 9.47 Å². The number of pyridine rings is 2. The van der Waals surface area contributed by atoms with Crippen molar-refractivity contribution >= 4 is 22.7 Å². The Kier molecular flexibility index (Phi) is 7.00. The van der Waals surface area contributed by atoms with Gasteiger partial charge in [0, 0.05) is 43.2 Å². The lowest BCUT2D eigenvalue weighted by Crippen LogP contribution is -2.44. The van der Waals surface area contributed by atoms with Crippen molar-refractivity contribution in [1.29, 1.82) is 0 Å². The fourth-order valence-corrected chi connectivity index (χ4v) is 6.07. The maximum atomic E-state index is 14.9. The number of carbonyl (C=O) groups excluding carboxylic acids is 1. The summed E-state index contributed by atoms with van der Waals surface area (Å²) in [4.78, 5) is 33.8. The van der Waals surface area contributed by atoms with E-state index in [2.05, 4.69) is 15.2 Å². The molecule has 0 radical (unpaired) electrons. The van der Waals surface area contributed by atoms with Crippen LogP contribution in [-0.4, -0.2) is 65.0 Å². The second-order valence-electron chi connectivity index (χ2n) is 12.0. The van der Waals surface area contributed by atoms with Gasteiger partial charge in [0.25, 0.3) is 5.56 Å². The molecule has 212 valence electrons. The summed E-state index contributed by atoms with van der Waals surface area (Å²) < 4.78 is 27.9. The number of piperidine rings is 1. The summed E-state index contributed by atoms with van der Waals surface area (Å²) in [6.45, 7) is 10.0. The van der Waals surface area contributed by atoms with Gasteiger partial charge in [0.2, 0.25) is 0 Å². The molecule has 2 aromatic heterocycles. The van der Waals surface area contributed by atoms with Crippen LogP contribution in [0.2, 0.25) is 0 Å². The fraction of sp³-hybridized carbons (Fsp3) is 0.500. The normalized spacial score (nSPS) is 19.5. The molecule has 1 saturated heterocycles. The van der Waals surface area contributed by atoms with Crippen molar-refractivity contribution in [2.45, 2.75) is 64.3 Å². The van der Waals surface area contributed by atoms with Gasteiger partial charge in [0.1, 0.15) is 18.0 Å². The van der Waals surface area contributed by atoms with Crippen molar-refractivity contribution in [3.63, 3.8) is 0 Å². The van der Waals surface area contributed by atoms with Gasteiger partial charge >= 0.3 is 6.09 Å². The number of anilines is 1. The summed E-state index contributed by atoms with van der Waals surface area (Å²) in [7, 11) is 0. The lowest BCUT2D eigenvalue weighted by atomic mass is 9.97. The van der Waals surface area contributed by atoms with Gasteiger partial charge < -0.3 is 24.3 Å². The van der Waals surface area contributed by atoms with E-state index in [1.807, 2.05) is 26.8 Å². The zero-order chi connectivity index (χ0) is 28.0. The molecule has 5 heterocycles. The number of benzene rings is 1. The molecule has 0 saturated carbocycles. The van der Waals surface area contributed by atoms with Crippen LogP contribution in [0.25, 0.3) is 10.9 Å². The number of hydrogen-bond donors (Lipinski definition) is 1. The molecule has 1 aromatic carbocycles. The molecule has 0 aliphatic carbocycles. The van der Waals surface area contributed by atoms with E-state index in [0.29, 0.717) is 49.3 Å². The monoisotopic (exact) mass is 549 g/mol. The average molecular weight is 550 g/mol. The Bertz CT molecular complexity index is 1490. The molecule has 0 bridgehead atoms. The summed E-state index contributed by atoms with van der Waals surface area (Å²) in [6.07, 6.45) is 3.21. The largest absolute Gasteiger partial charge is 0.488 e. The topological polar surface area (TPSA) is 88.9 Å². The Morgan fingerprint density at radius 2 is 1.95 bits per heavy atom. The summed E-state index contributed by atoms with van der Waals surface area (Å²) >= 11 is 0. The van der Waals surface area contributed by atoms with E-state index in [9.17, 15) is 14.0 Å². The highest BCUT2D eigenvalue weighted by Crippen LogP contribution is 2.36. The number of rotatable bonds is 5. The SMILES string of the molecule is CC(C)(C)OC(=O)N1CCOc2cnc(CNC3CCN(CC4Cn5c(=O)ccc6ccc(F)c4c65)CC3)cc21. The predicted octanol–water partition coefficient (Wildman–Crippen LogP) is 4.02. The lowest BCUT2D eigenvalue weighted by molar-refractivity contribution is 0.0567. The Morgan fingerprint density at radius 1 is 1.18 bits per heavy atom. The van der Waals surface area contributed by atoms with Crippen LogP contribution in [0.15, 0.2) is 41.3 Å². The number of halogens is 1. The second-order valence-corrected chi connectivity index (χ2v) is 12.0. The Labute approximate surface area is 232 Å². The van der Waals surface area contributed by atoms with Gasteiger partial charge in [-0.1, -0.05) is 0 Å². The highest BCUT2D eigenvalue weighted by Gasteiger charge is 2.32. The van der Waals surface area contributed by atoms with Crippen molar-refractivity contribution in [3.05, 3.63) is 64.0 Å². The molecule has 1 unspecified atom stereocenters. The minimum Gasteiger partial charge on any atom is -0.488 e. The van der Waals surface area contributed by atoms with Crippen molar-refractivity contribution in [2.24, 2.45) is 0 Å². The van der Waals surface area contributed by atoms with Crippen LogP contribution in [0.1, 0.15) is 50.8 Å². The molecule has 10 heteroatoms. The van der Waals surface area contributed by atoms with E-state index < -0.39 is 5.60 Å². The molecule has 9 nitrogen and oxygen atoms in total. The molecule has 1 amide bonds. The number of aromatic nitrogens is 2. The Hall–Kier alpha value is -3.50. The van der Waals surface area contributed by atoms with Crippen LogP contribution in [0.3, 0.4) is 0 Å². The number of amides is 1. The Morgan fingerprint density at radius 3 is 2.73 bits per heavy atom. The van der Waals surface area contributed by atoms with Crippen LogP contribution in [-0.2, 0) is 17.8 Å². The number of hydrogen-bond acceptors (Lipinski definition) is 7. The minimum atomic E-state index is -0.580. The molecule has 3 aliphatic rings. The van der Waals surface area contributed by atoms with Gasteiger partial charge in [-0.15, -0.1) is 0 Å². The van der Waals surface area contributed by atoms with Gasteiger partial charge in [-0.3, -0.25) is 14.7 Å². The van der Waals surface area contributed by atoms with Crippen molar-refractivity contribution < 1.29 is 18.7 Å². The maximum Gasteiger partial charge on any atom is 0.415 e. The van der Waals surface area contributed by atoms with E-state index in [1.165, 1.54) is 6.07 Å². The quantitative estimate of drug-likeness (QED) is 0.514. The molecule has 40 heavy (non-hydrogen) atoms. The number of ether oxygens (including phenoxy) is 2. The molecule has 1 atom stereocenters. The number of fused-ring (bicyclic) bond motifs is 1. The third-order valence-electron chi connectivity index (χ3n) is 7.97. The first-order valence-corrected chi connectivity index (χ1v) is 14.1. The maximum absolute atomic E-state index is 14.9. The molecule has 0 spiro atoms. The number of carbonyl (C=O) groups is 1. The van der Waals surface area contributed by atoms with Gasteiger partial charge in [-0.05, 0) is 76.4 Å². The first-order chi connectivity index (χ1) is 19.2. The smallest absolute Gasteiger partial charge is 0.415 e. The van der Waals surface area contributed by atoms with Gasteiger partial charge in [0.05, 0.1) is 29.6 Å². The highest BCUT2D eigenvalue weighted by atomic mass is 19.1. The van der Waals surface area contributed by atoms with Crippen LogP contribution < -0.4 is 20.5 Å². The minimum absolute atomic E-state index is 0.0295. The van der Waals surface area contributed by atoms with Crippen LogP contribution in [0.5, 0.6) is 5.75 Å². The molecule has 3 aliphatic heterocycles. The fourth-order valence-electron chi connectivity index (χ4n) is 6.07. The number of likely N-dealkylation sites (tertiary alicyclic amines) is 1. The molecule has 1 N–H and O–H groups in total. The third-order valence-corrected chi connectivity index (χ3v) is 7.97. The summed E-state index contributed by atoms with van der Waals surface area (Å²) in [5, 5.41) is 4.53. The standard InChI is InChI=1S/C30H36FN5O4/c1-30(2,3)40-29(38)35-12-13-39-25-16-33-22(14-24(25)35)15-32-21-8-10-34(11-9-21)17-20-18-36-26(37)7-5-19-4-6-23(31)27(20)28(19)36/h4-7,14,16,20-21,32H,8-13,15,17-18H2,1-3H3. The number of nitrogens with zero attached hydrogens (tertiary/aromatic N) is 4. The number of nitrogens with one attached hydrogen (secondary N) is 1. The molecule has 3 aromatic rings. The summed E-state index contributed by atoms with van der Waals surface area (Å²) in [5.41, 5.74) is 2.30. The van der Waals surface area contributed by atoms with Crippen LogP contribution in [0.4, 0.5) is 14.9 Å². The van der Waals surface area contributed by atoms with Crippen LogP contribution in [0, 0.1) is 5.82 Å². The molecular formula is C30H36FN5O4. The highest BCUT2D eigenvalue weighted by molar-refractivity contribution is 5.90. The predicted molar refractivity (Wildman–Crippen MR) is 151 cm³/mol. The van der Waals surface area contributed by atoms with Gasteiger partial charge in [0.15, 0.2) is 5.75 Å². The van der Waals surface area contributed by atoms with E-state index in [-0.39, 0.29) is 23.4 Å². The van der Waals surface area contributed by atoms with Gasteiger partial charge in [-0.25, -0.2) is 9.18 Å². The zero-order valence-electron chi connectivity index (χ0n) is 23.3.